The highest BCUT2D eigenvalue weighted by Gasteiger charge is 2.05. The zero-order valence-electron chi connectivity index (χ0n) is 6.23. The fourth-order valence-electron chi connectivity index (χ4n) is 0.583. The predicted molar refractivity (Wildman–Crippen MR) is 35.3 cm³/mol. The molecule has 0 aliphatic heterocycles. The van der Waals surface area contributed by atoms with Gasteiger partial charge in [0.2, 0.25) is 0 Å². The van der Waals surface area contributed by atoms with Crippen LogP contribution in [0.2, 0.25) is 0 Å². The summed E-state index contributed by atoms with van der Waals surface area (Å²) in [5.41, 5.74) is 0. The van der Waals surface area contributed by atoms with Gasteiger partial charge in [-0.2, -0.15) is 0 Å². The Balaban J connectivity index is 3.12. The molecular weight excluding hydrogens is 140 g/mol. The molecule has 1 atom stereocenters. The fourth-order valence-corrected chi connectivity index (χ4v) is 0.583. The molecule has 1 N–H and O–H groups in total. The lowest BCUT2D eigenvalue weighted by atomic mass is 10.4. The van der Waals surface area contributed by atoms with Crippen molar-refractivity contribution in [3.05, 3.63) is 0 Å². The van der Waals surface area contributed by atoms with Gasteiger partial charge in [-0.25, -0.2) is 8.78 Å². The standard InChI is InChI=1S/C6H13F2NO/c1-5(3-9-2)10-4-6(7)8/h5-6,9H,3-4H2,1-2H3. The van der Waals surface area contributed by atoms with E-state index in [0.717, 1.165) is 0 Å². The predicted octanol–water partition coefficient (Wildman–Crippen LogP) is 0.876. The van der Waals surface area contributed by atoms with Gasteiger partial charge in [-0.3, -0.25) is 0 Å². The topological polar surface area (TPSA) is 21.3 Å². The highest BCUT2D eigenvalue weighted by molar-refractivity contribution is 4.51. The Kier molecular flexibility index (Phi) is 5.43. The average Bonchev–Trinajstić information content (AvgIpc) is 1.85. The van der Waals surface area contributed by atoms with Crippen molar-refractivity contribution < 1.29 is 13.5 Å². The number of alkyl halides is 2. The molecule has 0 saturated heterocycles. The minimum Gasteiger partial charge on any atom is -0.371 e. The molecule has 62 valence electrons. The number of halogens is 2. The number of likely N-dealkylation sites (N-methyl/N-ethyl adjacent to an activating group) is 1. The molecule has 0 saturated carbocycles. The molecule has 4 heteroatoms. The highest BCUT2D eigenvalue weighted by atomic mass is 19.3. The van der Waals surface area contributed by atoms with Crippen molar-refractivity contribution in [1.29, 1.82) is 0 Å². The van der Waals surface area contributed by atoms with Gasteiger partial charge < -0.3 is 10.1 Å². The molecule has 0 aromatic heterocycles. The van der Waals surface area contributed by atoms with Crippen molar-refractivity contribution in [3.8, 4) is 0 Å². The van der Waals surface area contributed by atoms with Crippen LogP contribution in [0.15, 0.2) is 0 Å². The van der Waals surface area contributed by atoms with Crippen LogP contribution in [-0.4, -0.2) is 32.7 Å². The van der Waals surface area contributed by atoms with E-state index in [2.05, 4.69) is 5.32 Å². The normalized spacial score (nSPS) is 14.1. The Labute approximate surface area is 59.6 Å². The molecule has 0 aliphatic carbocycles. The number of ether oxygens (including phenoxy) is 1. The monoisotopic (exact) mass is 153 g/mol. The quantitative estimate of drug-likeness (QED) is 0.633. The Morgan fingerprint density at radius 1 is 1.50 bits per heavy atom. The third kappa shape index (κ3) is 5.91. The van der Waals surface area contributed by atoms with E-state index in [-0.39, 0.29) is 6.10 Å². The van der Waals surface area contributed by atoms with Gasteiger partial charge in [-0.05, 0) is 14.0 Å². The number of hydrogen-bond donors (Lipinski definition) is 1. The summed E-state index contributed by atoms with van der Waals surface area (Å²) in [6.45, 7) is 1.88. The number of nitrogens with one attached hydrogen (secondary N) is 1. The molecule has 0 spiro atoms. The maximum atomic E-state index is 11.5. The van der Waals surface area contributed by atoms with Gasteiger partial charge in [0.15, 0.2) is 0 Å². The summed E-state index contributed by atoms with van der Waals surface area (Å²) in [6, 6.07) is 0. The van der Waals surface area contributed by atoms with Crippen molar-refractivity contribution in [2.45, 2.75) is 19.5 Å². The first-order valence-corrected chi connectivity index (χ1v) is 3.21. The number of rotatable bonds is 5. The first kappa shape index (κ1) is 9.78. The zero-order valence-corrected chi connectivity index (χ0v) is 6.23. The second kappa shape index (κ2) is 5.56. The SMILES string of the molecule is CNCC(C)OCC(F)F. The van der Waals surface area contributed by atoms with Gasteiger partial charge >= 0.3 is 0 Å². The van der Waals surface area contributed by atoms with Crippen molar-refractivity contribution in [2.75, 3.05) is 20.2 Å². The number of hydrogen-bond acceptors (Lipinski definition) is 2. The van der Waals surface area contributed by atoms with Crippen molar-refractivity contribution in [1.82, 2.24) is 5.32 Å². The smallest absolute Gasteiger partial charge is 0.261 e. The van der Waals surface area contributed by atoms with Gasteiger partial charge in [0.1, 0.15) is 6.61 Å². The molecule has 0 amide bonds. The molecule has 10 heavy (non-hydrogen) atoms. The molecule has 0 fully saturated rings. The summed E-state index contributed by atoms with van der Waals surface area (Å²) in [4.78, 5) is 0. The lowest BCUT2D eigenvalue weighted by Gasteiger charge is -2.10. The van der Waals surface area contributed by atoms with Crippen LogP contribution < -0.4 is 5.32 Å². The molecule has 0 aromatic carbocycles. The Morgan fingerprint density at radius 3 is 2.50 bits per heavy atom. The lowest BCUT2D eigenvalue weighted by Crippen LogP contribution is -2.25. The highest BCUT2D eigenvalue weighted by Crippen LogP contribution is 1.95. The molecule has 0 aromatic rings. The van der Waals surface area contributed by atoms with E-state index in [9.17, 15) is 8.78 Å². The zero-order chi connectivity index (χ0) is 7.98. The summed E-state index contributed by atoms with van der Waals surface area (Å²) in [6.07, 6.45) is -2.50. The summed E-state index contributed by atoms with van der Waals surface area (Å²) in [7, 11) is 1.75. The van der Waals surface area contributed by atoms with Crippen LogP contribution in [0.4, 0.5) is 8.78 Å². The largest absolute Gasteiger partial charge is 0.371 e. The third-order valence-electron chi connectivity index (χ3n) is 0.998. The maximum Gasteiger partial charge on any atom is 0.261 e. The van der Waals surface area contributed by atoms with Crippen LogP contribution in [-0.2, 0) is 4.74 Å². The molecule has 2 nitrogen and oxygen atoms in total. The molecule has 0 rings (SSSR count). The van der Waals surface area contributed by atoms with Crippen molar-refractivity contribution in [3.63, 3.8) is 0 Å². The Morgan fingerprint density at radius 2 is 2.10 bits per heavy atom. The van der Waals surface area contributed by atoms with Crippen molar-refractivity contribution >= 4 is 0 Å². The summed E-state index contributed by atoms with van der Waals surface area (Å²) in [5, 5.41) is 2.82. The first-order chi connectivity index (χ1) is 4.66. The van der Waals surface area contributed by atoms with Crippen LogP contribution in [0.3, 0.4) is 0 Å². The minimum absolute atomic E-state index is 0.140. The Hall–Kier alpha value is -0.220. The lowest BCUT2D eigenvalue weighted by molar-refractivity contribution is -0.0158. The van der Waals surface area contributed by atoms with E-state index in [0.29, 0.717) is 6.54 Å². The van der Waals surface area contributed by atoms with Crippen molar-refractivity contribution in [2.24, 2.45) is 0 Å². The molecular formula is C6H13F2NO. The van der Waals surface area contributed by atoms with Crippen LogP contribution in [0.1, 0.15) is 6.92 Å². The van der Waals surface area contributed by atoms with E-state index in [1.807, 2.05) is 0 Å². The van der Waals surface area contributed by atoms with Crippen LogP contribution in [0.5, 0.6) is 0 Å². The van der Waals surface area contributed by atoms with E-state index >= 15 is 0 Å². The van der Waals surface area contributed by atoms with Gasteiger partial charge in [-0.1, -0.05) is 0 Å². The molecule has 0 heterocycles. The summed E-state index contributed by atoms with van der Waals surface area (Å²) >= 11 is 0. The van der Waals surface area contributed by atoms with Crippen LogP contribution in [0.25, 0.3) is 0 Å². The fraction of sp³-hybridized carbons (Fsp3) is 1.00. The van der Waals surface area contributed by atoms with Crippen LogP contribution >= 0.6 is 0 Å². The van der Waals surface area contributed by atoms with E-state index < -0.39 is 13.0 Å². The Bertz CT molecular complexity index is 80.1. The molecule has 1 unspecified atom stereocenters. The maximum absolute atomic E-state index is 11.5. The van der Waals surface area contributed by atoms with Gasteiger partial charge in [0.25, 0.3) is 6.43 Å². The third-order valence-corrected chi connectivity index (χ3v) is 0.998. The van der Waals surface area contributed by atoms with E-state index in [1.54, 1.807) is 14.0 Å². The van der Waals surface area contributed by atoms with E-state index in [4.69, 9.17) is 4.74 Å². The van der Waals surface area contributed by atoms with Gasteiger partial charge in [0.05, 0.1) is 6.10 Å². The second-order valence-corrected chi connectivity index (χ2v) is 2.09. The molecule has 0 radical (unpaired) electrons. The van der Waals surface area contributed by atoms with E-state index in [1.165, 1.54) is 0 Å². The van der Waals surface area contributed by atoms with Crippen LogP contribution in [0, 0.1) is 0 Å². The minimum atomic E-state index is -2.36. The molecule has 0 aliphatic rings. The average molecular weight is 153 g/mol. The summed E-state index contributed by atoms with van der Waals surface area (Å²) in [5.74, 6) is 0. The van der Waals surface area contributed by atoms with Gasteiger partial charge in [-0.15, -0.1) is 0 Å². The molecule has 0 bridgehead atoms. The van der Waals surface area contributed by atoms with Gasteiger partial charge in [0, 0.05) is 6.54 Å². The summed E-state index contributed by atoms with van der Waals surface area (Å²) < 4.78 is 27.7. The second-order valence-electron chi connectivity index (χ2n) is 2.09. The first-order valence-electron chi connectivity index (χ1n) is 3.21.